The van der Waals surface area contributed by atoms with E-state index in [1.54, 1.807) is 33.8 Å². The summed E-state index contributed by atoms with van der Waals surface area (Å²) in [5.74, 6) is -4.34. The summed E-state index contributed by atoms with van der Waals surface area (Å²) in [5, 5.41) is 9.74. The third-order valence-corrected chi connectivity index (χ3v) is 6.76. The number of carbonyl (C=O) groups excluding carboxylic acids is 3. The Hall–Kier alpha value is -3.14. The first-order chi connectivity index (χ1) is 18.9. The lowest BCUT2D eigenvalue weighted by Gasteiger charge is -2.28. The SMILES string of the molecule is CCCC(C)OC(=O)OCC(C)C(c1ccc(OC(=O)C(C)CCC)c(OC(=O)C(C)CCC)c1)[C@H](N)C(=O)O. The first-order valence-corrected chi connectivity index (χ1v) is 14.2. The fourth-order valence-electron chi connectivity index (χ4n) is 4.43. The maximum absolute atomic E-state index is 12.8. The Morgan fingerprint density at radius 1 is 0.825 bits per heavy atom. The van der Waals surface area contributed by atoms with Crippen molar-refractivity contribution >= 4 is 24.1 Å². The second-order valence-electron chi connectivity index (χ2n) is 10.6. The van der Waals surface area contributed by atoms with Gasteiger partial charge < -0.3 is 29.8 Å². The summed E-state index contributed by atoms with van der Waals surface area (Å²) in [4.78, 5) is 49.5. The molecule has 0 amide bonds. The van der Waals surface area contributed by atoms with Crippen LogP contribution in [-0.4, -0.2) is 47.9 Å². The van der Waals surface area contributed by atoms with Crippen molar-refractivity contribution in [3.63, 3.8) is 0 Å². The number of esters is 2. The van der Waals surface area contributed by atoms with Crippen LogP contribution in [-0.2, 0) is 23.9 Å². The Balaban J connectivity index is 3.35. The number of carboxylic acids is 1. The van der Waals surface area contributed by atoms with Crippen LogP contribution < -0.4 is 15.2 Å². The van der Waals surface area contributed by atoms with Gasteiger partial charge in [0.15, 0.2) is 11.5 Å². The molecule has 40 heavy (non-hydrogen) atoms. The minimum absolute atomic E-state index is 0.00833. The van der Waals surface area contributed by atoms with Gasteiger partial charge in [-0.15, -0.1) is 0 Å². The molecule has 0 aliphatic carbocycles. The fourth-order valence-corrected chi connectivity index (χ4v) is 4.43. The molecule has 226 valence electrons. The molecule has 1 aromatic rings. The normalized spacial score (nSPS) is 15.6. The Morgan fingerprint density at radius 3 is 1.85 bits per heavy atom. The van der Waals surface area contributed by atoms with Crippen molar-refractivity contribution in [2.45, 2.75) is 105 Å². The van der Waals surface area contributed by atoms with Gasteiger partial charge in [-0.05, 0) is 49.8 Å². The van der Waals surface area contributed by atoms with Crippen LogP contribution in [0.3, 0.4) is 0 Å². The Kier molecular flexibility index (Phi) is 15.3. The molecule has 3 N–H and O–H groups in total. The predicted octanol–water partition coefficient (Wildman–Crippen LogP) is 5.84. The molecule has 6 atom stereocenters. The van der Waals surface area contributed by atoms with E-state index in [1.165, 1.54) is 12.1 Å². The quantitative estimate of drug-likeness (QED) is 0.174. The highest BCUT2D eigenvalue weighted by Crippen LogP contribution is 2.36. The zero-order valence-corrected chi connectivity index (χ0v) is 24.9. The summed E-state index contributed by atoms with van der Waals surface area (Å²) in [6, 6.07) is 3.14. The van der Waals surface area contributed by atoms with Crippen LogP contribution in [0.1, 0.15) is 98.5 Å². The van der Waals surface area contributed by atoms with E-state index in [-0.39, 0.29) is 30.1 Å². The summed E-state index contributed by atoms with van der Waals surface area (Å²) in [6.45, 7) is 12.7. The van der Waals surface area contributed by atoms with Crippen molar-refractivity contribution in [2.75, 3.05) is 6.61 Å². The maximum Gasteiger partial charge on any atom is 0.508 e. The number of nitrogens with two attached hydrogens (primary N) is 1. The number of aliphatic carboxylic acids is 1. The molecule has 0 aliphatic heterocycles. The van der Waals surface area contributed by atoms with Gasteiger partial charge in [-0.3, -0.25) is 14.4 Å². The van der Waals surface area contributed by atoms with Gasteiger partial charge in [-0.1, -0.05) is 66.9 Å². The van der Waals surface area contributed by atoms with Crippen molar-refractivity contribution in [1.82, 2.24) is 0 Å². The zero-order chi connectivity index (χ0) is 30.4. The van der Waals surface area contributed by atoms with Gasteiger partial charge in [-0.25, -0.2) is 4.79 Å². The minimum Gasteiger partial charge on any atom is -0.480 e. The minimum atomic E-state index is -1.37. The lowest BCUT2D eigenvalue weighted by Crippen LogP contribution is -2.40. The monoisotopic (exact) mass is 565 g/mol. The van der Waals surface area contributed by atoms with Crippen molar-refractivity contribution in [3.8, 4) is 11.5 Å². The highest BCUT2D eigenvalue weighted by atomic mass is 16.7. The number of ether oxygens (including phenoxy) is 4. The van der Waals surface area contributed by atoms with E-state index in [0.717, 1.165) is 19.3 Å². The molecule has 0 radical (unpaired) electrons. The lowest BCUT2D eigenvalue weighted by atomic mass is 9.82. The standard InChI is InChI=1S/C30H47NO9/c1-8-11-18(4)28(34)39-23-15-14-22(16-24(23)40-29(35)19(5)12-9-2)25(26(31)27(32)33)20(6)17-37-30(36)38-21(7)13-10-3/h14-16,18-21,25-26H,8-13,17,31H2,1-7H3,(H,32,33)/t18?,19?,20?,21?,25?,26-/m0/s1. The molecule has 1 rings (SSSR count). The number of carbonyl (C=O) groups is 4. The van der Waals surface area contributed by atoms with Crippen LogP contribution in [0.4, 0.5) is 4.79 Å². The number of rotatable bonds is 17. The topological polar surface area (TPSA) is 151 Å². The van der Waals surface area contributed by atoms with Gasteiger partial charge in [-0.2, -0.15) is 0 Å². The second kappa shape index (κ2) is 17.5. The predicted molar refractivity (Wildman–Crippen MR) is 150 cm³/mol. The first-order valence-electron chi connectivity index (χ1n) is 14.2. The average molecular weight is 566 g/mol. The third-order valence-electron chi connectivity index (χ3n) is 6.76. The van der Waals surface area contributed by atoms with Crippen LogP contribution in [0.5, 0.6) is 11.5 Å². The van der Waals surface area contributed by atoms with Gasteiger partial charge in [0.2, 0.25) is 0 Å². The number of benzene rings is 1. The van der Waals surface area contributed by atoms with Gasteiger partial charge >= 0.3 is 24.1 Å². The van der Waals surface area contributed by atoms with Crippen LogP contribution in [0.2, 0.25) is 0 Å². The lowest BCUT2D eigenvalue weighted by molar-refractivity contribution is -0.141. The summed E-state index contributed by atoms with van der Waals surface area (Å²) >= 11 is 0. The second-order valence-corrected chi connectivity index (χ2v) is 10.6. The van der Waals surface area contributed by atoms with E-state index in [9.17, 15) is 24.3 Å². The van der Waals surface area contributed by atoms with E-state index in [0.29, 0.717) is 24.8 Å². The Bertz CT molecular complexity index is 980. The molecule has 0 aromatic heterocycles. The molecule has 10 nitrogen and oxygen atoms in total. The van der Waals surface area contributed by atoms with Gasteiger partial charge in [0.05, 0.1) is 18.4 Å². The summed E-state index contributed by atoms with van der Waals surface area (Å²) in [5.41, 5.74) is 6.51. The molecule has 0 aliphatic rings. The smallest absolute Gasteiger partial charge is 0.480 e. The summed E-state index contributed by atoms with van der Waals surface area (Å²) < 4.78 is 21.7. The number of hydrogen-bond acceptors (Lipinski definition) is 9. The first kappa shape index (κ1) is 34.9. The van der Waals surface area contributed by atoms with Crippen molar-refractivity contribution in [1.29, 1.82) is 0 Å². The van der Waals surface area contributed by atoms with E-state index in [2.05, 4.69) is 0 Å². The van der Waals surface area contributed by atoms with Crippen molar-refractivity contribution in [3.05, 3.63) is 23.8 Å². The van der Waals surface area contributed by atoms with E-state index in [4.69, 9.17) is 24.7 Å². The molecule has 0 spiro atoms. The van der Waals surface area contributed by atoms with Crippen LogP contribution >= 0.6 is 0 Å². The van der Waals surface area contributed by atoms with E-state index < -0.39 is 47.9 Å². The molecule has 10 heteroatoms. The molecule has 0 fully saturated rings. The summed E-state index contributed by atoms with van der Waals surface area (Å²) in [7, 11) is 0. The van der Waals surface area contributed by atoms with E-state index >= 15 is 0 Å². The molecule has 5 unspecified atom stereocenters. The molecular formula is C30H47NO9. The zero-order valence-electron chi connectivity index (χ0n) is 24.9. The van der Waals surface area contributed by atoms with Gasteiger partial charge in [0.1, 0.15) is 12.1 Å². The maximum atomic E-state index is 12.8. The van der Waals surface area contributed by atoms with Crippen molar-refractivity contribution < 1.29 is 43.2 Å². The highest BCUT2D eigenvalue weighted by molar-refractivity contribution is 5.79. The Labute approximate surface area is 237 Å². The highest BCUT2D eigenvalue weighted by Gasteiger charge is 2.33. The van der Waals surface area contributed by atoms with Crippen LogP contribution in [0.25, 0.3) is 0 Å². The molecule has 0 bridgehead atoms. The fraction of sp³-hybridized carbons (Fsp3) is 0.667. The molecule has 1 aromatic carbocycles. The molecule has 0 saturated carbocycles. The van der Waals surface area contributed by atoms with E-state index in [1.807, 2.05) is 20.8 Å². The molecular weight excluding hydrogens is 518 g/mol. The van der Waals surface area contributed by atoms with Gasteiger partial charge in [0, 0.05) is 5.92 Å². The largest absolute Gasteiger partial charge is 0.508 e. The summed E-state index contributed by atoms with van der Waals surface area (Å²) in [6.07, 6.45) is 3.18. The Morgan fingerprint density at radius 2 is 1.35 bits per heavy atom. The van der Waals surface area contributed by atoms with Crippen molar-refractivity contribution in [2.24, 2.45) is 23.5 Å². The molecule has 0 saturated heterocycles. The molecule has 0 heterocycles. The third kappa shape index (κ3) is 11.2. The number of hydrogen-bond donors (Lipinski definition) is 2. The van der Waals surface area contributed by atoms with Gasteiger partial charge in [0.25, 0.3) is 0 Å². The average Bonchev–Trinajstić information content (AvgIpc) is 2.89. The van der Waals surface area contributed by atoms with Crippen LogP contribution in [0.15, 0.2) is 18.2 Å². The number of carboxylic acid groups (broad SMARTS) is 1. The van der Waals surface area contributed by atoms with Crippen LogP contribution in [0, 0.1) is 17.8 Å².